The largest absolute Gasteiger partial charge is 0.365 e. The first-order chi connectivity index (χ1) is 14.9. The van der Waals surface area contributed by atoms with Crippen molar-refractivity contribution in [3.05, 3.63) is 24.3 Å². The molecule has 9 heteroatoms. The second kappa shape index (κ2) is 7.78. The first kappa shape index (κ1) is 20.8. The average molecular weight is 447 g/mol. The molecule has 1 atom stereocenters. The van der Waals surface area contributed by atoms with Gasteiger partial charge >= 0.3 is 0 Å². The highest BCUT2D eigenvalue weighted by molar-refractivity contribution is 7.89. The molecule has 1 aromatic rings. The molecule has 168 valence electrons. The molecule has 2 N–H and O–H groups in total. The Kier molecular flexibility index (Phi) is 5.21. The van der Waals surface area contributed by atoms with E-state index < -0.39 is 15.7 Å². The second-order valence-electron chi connectivity index (χ2n) is 9.37. The van der Waals surface area contributed by atoms with Gasteiger partial charge in [0.1, 0.15) is 10.6 Å². The van der Waals surface area contributed by atoms with Gasteiger partial charge < -0.3 is 15.1 Å². The number of benzene rings is 1. The van der Waals surface area contributed by atoms with Crippen molar-refractivity contribution in [1.82, 2.24) is 14.5 Å². The number of carbonyl (C=O) groups excluding carboxylic acids is 2. The van der Waals surface area contributed by atoms with Crippen LogP contribution in [0.2, 0.25) is 0 Å². The van der Waals surface area contributed by atoms with Crippen molar-refractivity contribution < 1.29 is 18.0 Å². The lowest BCUT2D eigenvalue weighted by molar-refractivity contribution is -0.137. The lowest BCUT2D eigenvalue weighted by Gasteiger charge is -2.46. The molecule has 1 spiro atoms. The monoisotopic (exact) mass is 446 g/mol. The summed E-state index contributed by atoms with van der Waals surface area (Å²) >= 11 is 0. The zero-order valence-corrected chi connectivity index (χ0v) is 18.5. The van der Waals surface area contributed by atoms with Crippen LogP contribution >= 0.6 is 0 Å². The van der Waals surface area contributed by atoms with E-state index in [1.165, 1.54) is 6.42 Å². The van der Waals surface area contributed by atoms with E-state index in [1.54, 1.807) is 18.2 Å². The number of hydrogen-bond acceptors (Lipinski definition) is 5. The van der Waals surface area contributed by atoms with E-state index >= 15 is 0 Å². The molecule has 1 saturated carbocycles. The number of rotatable bonds is 2. The highest BCUT2D eigenvalue weighted by Crippen LogP contribution is 2.36. The Morgan fingerprint density at radius 2 is 1.77 bits per heavy atom. The fraction of sp³-hybridized carbons (Fsp3) is 0.636. The molecule has 4 aliphatic rings. The number of nitrogens with one attached hydrogen (secondary N) is 2. The minimum absolute atomic E-state index is 0.0283. The number of anilines is 1. The Hall–Kier alpha value is -2.13. The van der Waals surface area contributed by atoms with Gasteiger partial charge in [-0.15, -0.1) is 0 Å². The van der Waals surface area contributed by atoms with Crippen LogP contribution in [0.15, 0.2) is 29.2 Å². The van der Waals surface area contributed by atoms with Gasteiger partial charge in [-0.05, 0) is 25.0 Å². The van der Waals surface area contributed by atoms with Crippen LogP contribution in [0.3, 0.4) is 0 Å². The van der Waals surface area contributed by atoms with E-state index in [1.807, 2.05) is 15.9 Å². The van der Waals surface area contributed by atoms with E-state index in [9.17, 15) is 18.0 Å². The van der Waals surface area contributed by atoms with Gasteiger partial charge in [-0.3, -0.25) is 9.59 Å². The van der Waals surface area contributed by atoms with E-state index in [0.717, 1.165) is 25.7 Å². The summed E-state index contributed by atoms with van der Waals surface area (Å²) in [7, 11) is -3.60. The van der Waals surface area contributed by atoms with Crippen molar-refractivity contribution in [2.45, 2.75) is 68.0 Å². The lowest BCUT2D eigenvalue weighted by Crippen LogP contribution is -2.62. The summed E-state index contributed by atoms with van der Waals surface area (Å²) in [5.74, 6) is -0.141. The predicted octanol–water partition coefficient (Wildman–Crippen LogP) is 1.89. The minimum atomic E-state index is -3.60. The van der Waals surface area contributed by atoms with Crippen molar-refractivity contribution in [1.29, 1.82) is 0 Å². The maximum absolute atomic E-state index is 13.2. The smallest absolute Gasteiger partial charge is 0.244 e. The number of hydrogen-bond donors (Lipinski definition) is 2. The van der Waals surface area contributed by atoms with Gasteiger partial charge in [0.15, 0.2) is 0 Å². The van der Waals surface area contributed by atoms with E-state index in [2.05, 4.69) is 10.0 Å². The van der Waals surface area contributed by atoms with Crippen LogP contribution in [-0.2, 0) is 19.6 Å². The Labute approximate surface area is 183 Å². The Bertz CT molecular complexity index is 981. The first-order valence-corrected chi connectivity index (χ1v) is 12.8. The number of piperidine rings is 1. The summed E-state index contributed by atoms with van der Waals surface area (Å²) in [5, 5.41) is 3.36. The van der Waals surface area contributed by atoms with Crippen LogP contribution in [0.4, 0.5) is 5.69 Å². The third kappa shape index (κ3) is 3.82. The summed E-state index contributed by atoms with van der Waals surface area (Å²) in [6.45, 7) is 1.46. The number of likely N-dealkylation sites (tertiary alicyclic amines) is 2. The predicted molar refractivity (Wildman–Crippen MR) is 116 cm³/mol. The van der Waals surface area contributed by atoms with Gasteiger partial charge in [-0.1, -0.05) is 31.4 Å². The molecule has 2 amide bonds. The van der Waals surface area contributed by atoms with Gasteiger partial charge in [-0.25, -0.2) is 8.42 Å². The van der Waals surface area contributed by atoms with E-state index in [-0.39, 0.29) is 22.6 Å². The van der Waals surface area contributed by atoms with Crippen LogP contribution in [-0.4, -0.2) is 61.4 Å². The fourth-order valence-electron chi connectivity index (χ4n) is 5.64. The van der Waals surface area contributed by atoms with Crippen LogP contribution in [0.1, 0.15) is 51.4 Å². The molecule has 1 unspecified atom stereocenters. The summed E-state index contributed by atoms with van der Waals surface area (Å²) < 4.78 is 28.2. The summed E-state index contributed by atoms with van der Waals surface area (Å²) in [6.07, 6.45) is 6.92. The van der Waals surface area contributed by atoms with Crippen molar-refractivity contribution in [3.8, 4) is 0 Å². The number of amides is 2. The normalized spacial score (nSPS) is 27.7. The summed E-state index contributed by atoms with van der Waals surface area (Å²) in [5.41, 5.74) is -0.172. The second-order valence-corrected chi connectivity index (χ2v) is 11.0. The number of nitrogens with zero attached hydrogens (tertiary/aromatic N) is 2. The molecule has 0 aromatic heterocycles. The lowest BCUT2D eigenvalue weighted by atomic mass is 9.94. The van der Waals surface area contributed by atoms with Crippen LogP contribution in [0, 0.1) is 5.92 Å². The quantitative estimate of drug-likeness (QED) is 0.723. The summed E-state index contributed by atoms with van der Waals surface area (Å²) in [4.78, 5) is 29.7. The molecule has 5 rings (SSSR count). The number of sulfonamides is 1. The third-order valence-electron chi connectivity index (χ3n) is 7.33. The first-order valence-electron chi connectivity index (χ1n) is 11.4. The van der Waals surface area contributed by atoms with Crippen LogP contribution < -0.4 is 10.0 Å². The Balaban J connectivity index is 1.23. The average Bonchev–Trinajstić information content (AvgIpc) is 3.15. The van der Waals surface area contributed by atoms with Gasteiger partial charge in [0.05, 0.1) is 11.6 Å². The Morgan fingerprint density at radius 1 is 1.06 bits per heavy atom. The maximum atomic E-state index is 13.2. The van der Waals surface area contributed by atoms with Crippen LogP contribution in [0.25, 0.3) is 0 Å². The standard InChI is InChI=1S/C22H30N4O4S/c27-20-14-16(15-26(20)17-6-2-1-3-7-17)21(28)25-12-10-22(11-13-25)23-18-8-4-5-9-19(18)31(29,30)24-22/h4-5,8-9,16-17,23-24H,1-3,6-7,10-15H2. The molecule has 1 aromatic carbocycles. The highest BCUT2D eigenvalue weighted by atomic mass is 32.2. The zero-order valence-electron chi connectivity index (χ0n) is 17.7. The summed E-state index contributed by atoms with van der Waals surface area (Å²) in [6, 6.07) is 7.18. The molecule has 0 bridgehead atoms. The fourth-order valence-corrected chi connectivity index (χ4v) is 7.18. The molecule has 2 saturated heterocycles. The van der Waals surface area contributed by atoms with Crippen molar-refractivity contribution in [2.75, 3.05) is 25.0 Å². The molecule has 3 fully saturated rings. The van der Waals surface area contributed by atoms with Gasteiger partial charge in [0.25, 0.3) is 0 Å². The molecular weight excluding hydrogens is 416 g/mol. The zero-order chi connectivity index (χ0) is 21.6. The SMILES string of the molecule is O=C(C1CC(=O)N(C2CCCCC2)C1)N1CCC2(CC1)Nc1ccccc1S(=O)(=O)N2. The van der Waals surface area contributed by atoms with E-state index in [0.29, 0.717) is 50.6 Å². The molecular formula is C22H30N4O4S. The van der Waals surface area contributed by atoms with E-state index in [4.69, 9.17) is 0 Å². The van der Waals surface area contributed by atoms with Gasteiger partial charge in [0.2, 0.25) is 21.8 Å². The van der Waals surface area contributed by atoms with Gasteiger partial charge in [0, 0.05) is 44.9 Å². The molecule has 3 aliphatic heterocycles. The van der Waals surface area contributed by atoms with Crippen molar-refractivity contribution >= 4 is 27.5 Å². The molecule has 1 aliphatic carbocycles. The van der Waals surface area contributed by atoms with Gasteiger partial charge in [-0.2, -0.15) is 4.72 Å². The van der Waals surface area contributed by atoms with Crippen molar-refractivity contribution in [2.24, 2.45) is 5.92 Å². The number of fused-ring (bicyclic) bond motifs is 1. The molecule has 31 heavy (non-hydrogen) atoms. The molecule has 0 radical (unpaired) electrons. The number of para-hydroxylation sites is 1. The number of carbonyl (C=O) groups is 2. The maximum Gasteiger partial charge on any atom is 0.244 e. The minimum Gasteiger partial charge on any atom is -0.365 e. The topological polar surface area (TPSA) is 98.8 Å². The van der Waals surface area contributed by atoms with Crippen molar-refractivity contribution in [3.63, 3.8) is 0 Å². The highest BCUT2D eigenvalue weighted by Gasteiger charge is 2.46. The van der Waals surface area contributed by atoms with Crippen LogP contribution in [0.5, 0.6) is 0 Å². The Morgan fingerprint density at radius 3 is 2.52 bits per heavy atom. The third-order valence-corrected chi connectivity index (χ3v) is 8.93. The molecule has 8 nitrogen and oxygen atoms in total. The molecule has 3 heterocycles.